The van der Waals surface area contributed by atoms with Crippen molar-refractivity contribution in [3.05, 3.63) is 31.8 Å². The van der Waals surface area contributed by atoms with Crippen LogP contribution in [0.3, 0.4) is 0 Å². The van der Waals surface area contributed by atoms with Gasteiger partial charge in [-0.3, -0.25) is 4.79 Å². The van der Waals surface area contributed by atoms with Crippen LogP contribution < -0.4 is 0 Å². The van der Waals surface area contributed by atoms with Crippen molar-refractivity contribution in [1.82, 2.24) is 0 Å². The summed E-state index contributed by atoms with van der Waals surface area (Å²) in [7, 11) is 1.65. The van der Waals surface area contributed by atoms with Crippen LogP contribution in [0.15, 0.2) is 22.7 Å². The second kappa shape index (κ2) is 6.71. The molecular formula is C12H14BrIO2. The molecule has 1 aromatic rings. The average Bonchev–Trinajstić information content (AvgIpc) is 2.28. The zero-order valence-corrected chi connectivity index (χ0v) is 13.0. The highest BCUT2D eigenvalue weighted by atomic mass is 127. The van der Waals surface area contributed by atoms with Crippen LogP contribution >= 0.6 is 38.5 Å². The minimum Gasteiger partial charge on any atom is -0.385 e. The molecule has 16 heavy (non-hydrogen) atoms. The lowest BCUT2D eigenvalue weighted by Crippen LogP contribution is -2.14. The highest BCUT2D eigenvalue weighted by molar-refractivity contribution is 14.1. The van der Waals surface area contributed by atoms with Gasteiger partial charge in [0, 0.05) is 33.2 Å². The summed E-state index contributed by atoms with van der Waals surface area (Å²) in [5, 5.41) is 0. The fourth-order valence-corrected chi connectivity index (χ4v) is 2.34. The van der Waals surface area contributed by atoms with E-state index >= 15 is 0 Å². The topological polar surface area (TPSA) is 26.3 Å². The lowest BCUT2D eigenvalue weighted by molar-refractivity contribution is 0.0893. The van der Waals surface area contributed by atoms with Crippen molar-refractivity contribution in [2.75, 3.05) is 13.7 Å². The number of rotatable bonds is 5. The lowest BCUT2D eigenvalue weighted by atomic mass is 9.97. The number of hydrogen-bond donors (Lipinski definition) is 0. The molecule has 88 valence electrons. The van der Waals surface area contributed by atoms with Crippen LogP contribution in [0.4, 0.5) is 0 Å². The van der Waals surface area contributed by atoms with Crippen molar-refractivity contribution in [3.63, 3.8) is 0 Å². The highest BCUT2D eigenvalue weighted by Crippen LogP contribution is 2.22. The van der Waals surface area contributed by atoms with Gasteiger partial charge in [0.05, 0.1) is 0 Å². The minimum absolute atomic E-state index is 0.00256. The summed E-state index contributed by atoms with van der Waals surface area (Å²) in [6, 6.07) is 5.77. The number of ether oxygens (including phenoxy) is 1. The third kappa shape index (κ3) is 3.82. The molecule has 1 aromatic carbocycles. The molecule has 0 bridgehead atoms. The zero-order chi connectivity index (χ0) is 12.1. The van der Waals surface area contributed by atoms with Crippen LogP contribution in [-0.2, 0) is 4.74 Å². The zero-order valence-electron chi connectivity index (χ0n) is 9.30. The standard InChI is InChI=1S/C12H14BrIO2/c1-8(5-6-16-2)12(15)10-7-9(13)3-4-11(10)14/h3-4,7-8H,5-6H2,1-2H3. The van der Waals surface area contributed by atoms with Gasteiger partial charge in [0.25, 0.3) is 0 Å². The molecule has 0 aliphatic rings. The van der Waals surface area contributed by atoms with Crippen molar-refractivity contribution in [3.8, 4) is 0 Å². The van der Waals surface area contributed by atoms with E-state index in [2.05, 4.69) is 38.5 Å². The Bertz CT molecular complexity index is 379. The highest BCUT2D eigenvalue weighted by Gasteiger charge is 2.17. The maximum atomic E-state index is 12.1. The molecule has 0 aromatic heterocycles. The summed E-state index contributed by atoms with van der Waals surface area (Å²) in [5.74, 6) is 0.186. The van der Waals surface area contributed by atoms with Crippen molar-refractivity contribution in [2.24, 2.45) is 5.92 Å². The van der Waals surface area contributed by atoms with Gasteiger partial charge >= 0.3 is 0 Å². The molecule has 0 saturated heterocycles. The van der Waals surface area contributed by atoms with E-state index in [-0.39, 0.29) is 11.7 Å². The Morgan fingerprint density at radius 3 is 2.88 bits per heavy atom. The van der Waals surface area contributed by atoms with Gasteiger partial charge in [-0.1, -0.05) is 22.9 Å². The third-order valence-corrected chi connectivity index (χ3v) is 3.83. The van der Waals surface area contributed by atoms with Crippen LogP contribution in [0, 0.1) is 9.49 Å². The van der Waals surface area contributed by atoms with E-state index in [4.69, 9.17) is 4.74 Å². The van der Waals surface area contributed by atoms with Gasteiger partial charge in [-0.25, -0.2) is 0 Å². The molecule has 0 heterocycles. The van der Waals surface area contributed by atoms with E-state index in [1.807, 2.05) is 25.1 Å². The molecule has 0 N–H and O–H groups in total. The van der Waals surface area contributed by atoms with Crippen molar-refractivity contribution in [1.29, 1.82) is 0 Å². The van der Waals surface area contributed by atoms with Crippen LogP contribution in [0.25, 0.3) is 0 Å². The Labute approximate surface area is 118 Å². The Morgan fingerprint density at radius 1 is 1.56 bits per heavy atom. The van der Waals surface area contributed by atoms with Gasteiger partial charge in [0.1, 0.15) is 0 Å². The third-order valence-electron chi connectivity index (χ3n) is 2.40. The largest absolute Gasteiger partial charge is 0.385 e. The maximum absolute atomic E-state index is 12.1. The first-order chi connectivity index (χ1) is 7.56. The van der Waals surface area contributed by atoms with Crippen molar-refractivity contribution in [2.45, 2.75) is 13.3 Å². The van der Waals surface area contributed by atoms with Crippen LogP contribution in [0.1, 0.15) is 23.7 Å². The average molecular weight is 397 g/mol. The van der Waals surface area contributed by atoms with Gasteiger partial charge in [-0.2, -0.15) is 0 Å². The quantitative estimate of drug-likeness (QED) is 0.557. The first-order valence-corrected chi connectivity index (χ1v) is 6.91. The fourth-order valence-electron chi connectivity index (χ4n) is 1.38. The number of carbonyl (C=O) groups excluding carboxylic acids is 1. The van der Waals surface area contributed by atoms with Crippen LogP contribution in [-0.4, -0.2) is 19.5 Å². The van der Waals surface area contributed by atoms with Crippen LogP contribution in [0.2, 0.25) is 0 Å². The van der Waals surface area contributed by atoms with Gasteiger partial charge in [0.15, 0.2) is 5.78 Å². The predicted molar refractivity (Wildman–Crippen MR) is 76.8 cm³/mol. The predicted octanol–water partition coefficient (Wildman–Crippen LogP) is 3.91. The molecule has 0 fully saturated rings. The molecule has 1 unspecified atom stereocenters. The van der Waals surface area contributed by atoms with E-state index in [1.165, 1.54) is 0 Å². The van der Waals surface area contributed by atoms with Crippen molar-refractivity contribution < 1.29 is 9.53 Å². The van der Waals surface area contributed by atoms with E-state index in [1.54, 1.807) is 7.11 Å². The normalized spacial score (nSPS) is 12.5. The smallest absolute Gasteiger partial charge is 0.166 e. The molecule has 0 aliphatic heterocycles. The van der Waals surface area contributed by atoms with E-state index < -0.39 is 0 Å². The summed E-state index contributed by atoms with van der Waals surface area (Å²) in [4.78, 5) is 12.1. The van der Waals surface area contributed by atoms with Crippen molar-refractivity contribution >= 4 is 44.3 Å². The van der Waals surface area contributed by atoms with Gasteiger partial charge in [0.2, 0.25) is 0 Å². The molecule has 0 saturated carbocycles. The van der Waals surface area contributed by atoms with E-state index in [0.717, 1.165) is 20.0 Å². The number of Topliss-reactive ketones (excluding diaryl/α,β-unsaturated/α-hetero) is 1. The molecule has 1 atom stereocenters. The van der Waals surface area contributed by atoms with Gasteiger partial charge in [-0.15, -0.1) is 0 Å². The monoisotopic (exact) mass is 396 g/mol. The number of benzene rings is 1. The molecule has 4 heteroatoms. The van der Waals surface area contributed by atoms with Gasteiger partial charge < -0.3 is 4.74 Å². The molecule has 0 amide bonds. The number of halogens is 2. The first-order valence-electron chi connectivity index (χ1n) is 5.04. The lowest BCUT2D eigenvalue weighted by Gasteiger charge is -2.11. The molecule has 1 rings (SSSR count). The Hall–Kier alpha value is 0.0600. The first kappa shape index (κ1) is 14.1. The summed E-state index contributed by atoms with van der Waals surface area (Å²) < 4.78 is 6.92. The number of ketones is 1. The Morgan fingerprint density at radius 2 is 2.25 bits per heavy atom. The molecule has 2 nitrogen and oxygen atoms in total. The summed E-state index contributed by atoms with van der Waals surface area (Å²) in [6.45, 7) is 2.57. The number of carbonyl (C=O) groups is 1. The molecule has 0 spiro atoms. The summed E-state index contributed by atoms with van der Waals surface area (Å²) >= 11 is 5.58. The van der Waals surface area contributed by atoms with E-state index in [9.17, 15) is 4.79 Å². The second-order valence-electron chi connectivity index (χ2n) is 3.67. The SMILES string of the molecule is COCCC(C)C(=O)c1cc(Br)ccc1I. The Balaban J connectivity index is 2.83. The van der Waals surface area contributed by atoms with Crippen LogP contribution in [0.5, 0.6) is 0 Å². The number of hydrogen-bond acceptors (Lipinski definition) is 2. The minimum atomic E-state index is 0.00256. The summed E-state index contributed by atoms with van der Waals surface area (Å²) in [5.41, 5.74) is 0.790. The maximum Gasteiger partial charge on any atom is 0.166 e. The molecule has 0 radical (unpaired) electrons. The fraction of sp³-hybridized carbons (Fsp3) is 0.417. The molecule has 0 aliphatic carbocycles. The second-order valence-corrected chi connectivity index (χ2v) is 5.75. The molecular weight excluding hydrogens is 383 g/mol. The number of methoxy groups -OCH3 is 1. The Kier molecular flexibility index (Phi) is 5.92. The van der Waals surface area contributed by atoms with E-state index in [0.29, 0.717) is 6.61 Å². The summed E-state index contributed by atoms with van der Waals surface area (Å²) in [6.07, 6.45) is 0.762. The van der Waals surface area contributed by atoms with Gasteiger partial charge in [-0.05, 0) is 47.2 Å².